The summed E-state index contributed by atoms with van der Waals surface area (Å²) < 4.78 is 0. The number of carbonyl (C=O) groups is 2. The zero-order chi connectivity index (χ0) is 18.4. The topological polar surface area (TPSA) is 79.3 Å². The highest BCUT2D eigenvalue weighted by molar-refractivity contribution is 7.99. The molecule has 0 aliphatic carbocycles. The SMILES string of the molecule is O=C(N[C@@H](CCSc1ccc2ccccc2n1)C(=O)O)c1ccccc1. The molecule has 3 aromatic rings. The van der Waals surface area contributed by atoms with E-state index in [2.05, 4.69) is 10.3 Å². The van der Waals surface area contributed by atoms with Gasteiger partial charge < -0.3 is 10.4 Å². The van der Waals surface area contributed by atoms with Gasteiger partial charge in [0, 0.05) is 16.7 Å². The minimum Gasteiger partial charge on any atom is -0.480 e. The molecule has 0 saturated heterocycles. The summed E-state index contributed by atoms with van der Waals surface area (Å²) in [5.41, 5.74) is 1.35. The van der Waals surface area contributed by atoms with Gasteiger partial charge in [0.1, 0.15) is 6.04 Å². The molecule has 0 bridgehead atoms. The van der Waals surface area contributed by atoms with Gasteiger partial charge in [0.2, 0.25) is 0 Å². The maximum Gasteiger partial charge on any atom is 0.326 e. The normalized spacial score (nSPS) is 11.8. The van der Waals surface area contributed by atoms with Gasteiger partial charge in [0.25, 0.3) is 5.91 Å². The summed E-state index contributed by atoms with van der Waals surface area (Å²) >= 11 is 1.48. The Morgan fingerprint density at radius 1 is 1.00 bits per heavy atom. The van der Waals surface area contributed by atoms with Crippen LogP contribution >= 0.6 is 11.8 Å². The van der Waals surface area contributed by atoms with E-state index in [1.165, 1.54) is 11.8 Å². The number of nitrogens with zero attached hydrogens (tertiary/aromatic N) is 1. The van der Waals surface area contributed by atoms with Crippen LogP contribution in [0.1, 0.15) is 16.8 Å². The van der Waals surface area contributed by atoms with Crippen LogP contribution in [-0.4, -0.2) is 33.8 Å². The third-order valence-corrected chi connectivity index (χ3v) is 4.83. The molecule has 1 aromatic heterocycles. The number of amides is 1. The lowest BCUT2D eigenvalue weighted by Crippen LogP contribution is -2.41. The number of carboxylic acids is 1. The lowest BCUT2D eigenvalue weighted by Gasteiger charge is -2.14. The highest BCUT2D eigenvalue weighted by atomic mass is 32.2. The molecule has 132 valence electrons. The number of carbonyl (C=O) groups excluding carboxylic acids is 1. The fourth-order valence-electron chi connectivity index (χ4n) is 2.50. The van der Waals surface area contributed by atoms with Crippen molar-refractivity contribution >= 4 is 34.5 Å². The van der Waals surface area contributed by atoms with Crippen LogP contribution in [-0.2, 0) is 4.79 Å². The molecule has 5 nitrogen and oxygen atoms in total. The predicted molar refractivity (Wildman–Crippen MR) is 102 cm³/mol. The van der Waals surface area contributed by atoms with E-state index >= 15 is 0 Å². The minimum absolute atomic E-state index is 0.313. The summed E-state index contributed by atoms with van der Waals surface area (Å²) in [4.78, 5) is 28.1. The number of carboxylic acid groups (broad SMARTS) is 1. The molecule has 0 fully saturated rings. The number of para-hydroxylation sites is 1. The molecule has 0 saturated carbocycles. The van der Waals surface area contributed by atoms with E-state index in [-0.39, 0.29) is 5.91 Å². The van der Waals surface area contributed by atoms with E-state index in [0.29, 0.717) is 17.7 Å². The Balaban J connectivity index is 1.58. The fraction of sp³-hybridized carbons (Fsp3) is 0.150. The van der Waals surface area contributed by atoms with Crippen molar-refractivity contribution in [1.29, 1.82) is 0 Å². The van der Waals surface area contributed by atoms with Crippen molar-refractivity contribution in [2.24, 2.45) is 0 Å². The van der Waals surface area contributed by atoms with Gasteiger partial charge >= 0.3 is 5.97 Å². The van der Waals surface area contributed by atoms with Crippen molar-refractivity contribution in [3.63, 3.8) is 0 Å². The summed E-state index contributed by atoms with van der Waals surface area (Å²) in [5, 5.41) is 13.8. The average Bonchev–Trinajstić information content (AvgIpc) is 2.67. The second kappa shape index (κ2) is 8.49. The Hall–Kier alpha value is -2.86. The zero-order valence-electron chi connectivity index (χ0n) is 14.0. The van der Waals surface area contributed by atoms with Crippen LogP contribution in [0.4, 0.5) is 0 Å². The number of hydrogen-bond donors (Lipinski definition) is 2. The first kappa shape index (κ1) is 17.9. The average molecular weight is 366 g/mol. The summed E-state index contributed by atoms with van der Waals surface area (Å²) in [6.07, 6.45) is 0.313. The molecule has 0 aliphatic heterocycles. The standard InChI is InChI=1S/C20H18N2O3S/c23-19(15-7-2-1-3-8-15)22-17(20(24)25)12-13-26-18-11-10-14-6-4-5-9-16(14)21-18/h1-11,17H,12-13H2,(H,22,23)(H,24,25)/t17-/m0/s1. The van der Waals surface area contributed by atoms with Gasteiger partial charge in [-0.2, -0.15) is 0 Å². The van der Waals surface area contributed by atoms with Gasteiger partial charge in [0.15, 0.2) is 0 Å². The zero-order valence-corrected chi connectivity index (χ0v) is 14.8. The van der Waals surface area contributed by atoms with Crippen LogP contribution in [0.15, 0.2) is 71.8 Å². The third-order valence-electron chi connectivity index (χ3n) is 3.87. The molecule has 1 heterocycles. The molecule has 1 atom stereocenters. The molecule has 2 N–H and O–H groups in total. The number of pyridine rings is 1. The molecular weight excluding hydrogens is 348 g/mol. The lowest BCUT2D eigenvalue weighted by molar-refractivity contribution is -0.139. The molecule has 0 aliphatic rings. The van der Waals surface area contributed by atoms with Crippen LogP contribution in [0.2, 0.25) is 0 Å². The number of nitrogens with one attached hydrogen (secondary N) is 1. The van der Waals surface area contributed by atoms with E-state index in [4.69, 9.17) is 0 Å². The van der Waals surface area contributed by atoms with E-state index in [0.717, 1.165) is 15.9 Å². The molecular formula is C20H18N2O3S. The van der Waals surface area contributed by atoms with E-state index in [1.54, 1.807) is 30.3 Å². The van der Waals surface area contributed by atoms with E-state index in [9.17, 15) is 14.7 Å². The van der Waals surface area contributed by atoms with Gasteiger partial charge in [-0.25, -0.2) is 9.78 Å². The second-order valence-electron chi connectivity index (χ2n) is 5.71. The Morgan fingerprint density at radius 2 is 1.73 bits per heavy atom. The number of benzene rings is 2. The van der Waals surface area contributed by atoms with E-state index in [1.807, 2.05) is 36.4 Å². The second-order valence-corrected chi connectivity index (χ2v) is 6.82. The Bertz CT molecular complexity index is 915. The summed E-state index contributed by atoms with van der Waals surface area (Å²) in [6.45, 7) is 0. The van der Waals surface area contributed by atoms with Crippen molar-refractivity contribution < 1.29 is 14.7 Å². The Labute approximate surface area is 155 Å². The summed E-state index contributed by atoms with van der Waals surface area (Å²) in [6, 6.07) is 19.4. The number of aromatic nitrogens is 1. The fourth-order valence-corrected chi connectivity index (χ4v) is 3.39. The minimum atomic E-state index is -1.04. The first-order valence-electron chi connectivity index (χ1n) is 8.21. The van der Waals surface area contributed by atoms with Crippen LogP contribution in [0.3, 0.4) is 0 Å². The molecule has 0 spiro atoms. The van der Waals surface area contributed by atoms with Crippen LogP contribution in [0, 0.1) is 0 Å². The smallest absolute Gasteiger partial charge is 0.326 e. The molecule has 1 amide bonds. The molecule has 0 radical (unpaired) electrons. The van der Waals surface area contributed by atoms with Crippen LogP contribution in [0.5, 0.6) is 0 Å². The maximum absolute atomic E-state index is 12.1. The van der Waals surface area contributed by atoms with Crippen LogP contribution < -0.4 is 5.32 Å². The number of thioether (sulfide) groups is 1. The summed E-state index contributed by atoms with van der Waals surface area (Å²) in [7, 11) is 0. The van der Waals surface area contributed by atoms with Crippen molar-refractivity contribution in [1.82, 2.24) is 10.3 Å². The number of aliphatic carboxylic acids is 1. The van der Waals surface area contributed by atoms with Crippen molar-refractivity contribution in [3.8, 4) is 0 Å². The van der Waals surface area contributed by atoms with E-state index < -0.39 is 12.0 Å². The van der Waals surface area contributed by atoms with Gasteiger partial charge in [-0.05, 0) is 30.7 Å². The van der Waals surface area contributed by atoms with Gasteiger partial charge in [-0.3, -0.25) is 4.79 Å². The largest absolute Gasteiger partial charge is 0.480 e. The monoisotopic (exact) mass is 366 g/mol. The van der Waals surface area contributed by atoms with Gasteiger partial charge in [-0.1, -0.05) is 42.5 Å². The summed E-state index contributed by atoms with van der Waals surface area (Å²) in [5.74, 6) is -0.884. The van der Waals surface area contributed by atoms with Crippen molar-refractivity contribution in [2.45, 2.75) is 17.5 Å². The first-order valence-corrected chi connectivity index (χ1v) is 9.19. The molecule has 2 aromatic carbocycles. The first-order chi connectivity index (χ1) is 12.6. The highest BCUT2D eigenvalue weighted by Gasteiger charge is 2.20. The Kier molecular flexibility index (Phi) is 5.86. The molecule has 6 heteroatoms. The van der Waals surface area contributed by atoms with Gasteiger partial charge in [0.05, 0.1) is 10.5 Å². The molecule has 3 rings (SSSR count). The predicted octanol–water partition coefficient (Wildman–Crippen LogP) is 3.60. The maximum atomic E-state index is 12.1. The molecule has 26 heavy (non-hydrogen) atoms. The third kappa shape index (κ3) is 4.61. The quantitative estimate of drug-likeness (QED) is 0.625. The number of hydrogen-bond acceptors (Lipinski definition) is 4. The highest BCUT2D eigenvalue weighted by Crippen LogP contribution is 2.21. The molecule has 0 unspecified atom stereocenters. The van der Waals surface area contributed by atoms with Crippen molar-refractivity contribution in [2.75, 3.05) is 5.75 Å². The number of rotatable bonds is 7. The number of fused-ring (bicyclic) bond motifs is 1. The lowest BCUT2D eigenvalue weighted by atomic mass is 10.1. The Morgan fingerprint density at radius 3 is 2.50 bits per heavy atom. The van der Waals surface area contributed by atoms with Gasteiger partial charge in [-0.15, -0.1) is 11.8 Å². The van der Waals surface area contributed by atoms with Crippen LogP contribution in [0.25, 0.3) is 10.9 Å². The van der Waals surface area contributed by atoms with Crippen molar-refractivity contribution in [3.05, 3.63) is 72.3 Å².